The van der Waals surface area contributed by atoms with Gasteiger partial charge in [-0.25, -0.2) is 0 Å². The van der Waals surface area contributed by atoms with Crippen LogP contribution in [-0.2, 0) is 0 Å². The van der Waals surface area contributed by atoms with Crippen molar-refractivity contribution in [1.82, 2.24) is 0 Å². The van der Waals surface area contributed by atoms with E-state index in [4.69, 9.17) is 11.6 Å². The van der Waals surface area contributed by atoms with Gasteiger partial charge in [-0.2, -0.15) is 0 Å². The SMILES string of the molecule is CC/C=C/CC[Si]1CCC(CCCl)CC1. The van der Waals surface area contributed by atoms with E-state index in [1.165, 1.54) is 38.1 Å². The summed E-state index contributed by atoms with van der Waals surface area (Å²) in [5.41, 5.74) is 0. The topological polar surface area (TPSA) is 0 Å². The van der Waals surface area contributed by atoms with Gasteiger partial charge < -0.3 is 0 Å². The van der Waals surface area contributed by atoms with Gasteiger partial charge in [0.15, 0.2) is 0 Å². The van der Waals surface area contributed by atoms with E-state index < -0.39 is 0 Å². The summed E-state index contributed by atoms with van der Waals surface area (Å²) in [7, 11) is 0.0267. The molecule has 0 N–H and O–H groups in total. The van der Waals surface area contributed by atoms with Crippen LogP contribution in [0.5, 0.6) is 0 Å². The third-order valence-electron chi connectivity index (χ3n) is 3.40. The largest absolute Gasteiger partial charge is 0.127 e. The molecule has 2 heteroatoms. The highest BCUT2D eigenvalue weighted by atomic mass is 35.5. The molecule has 1 saturated heterocycles. The Morgan fingerprint density at radius 3 is 2.60 bits per heavy atom. The summed E-state index contributed by atoms with van der Waals surface area (Å²) in [6.07, 6.45) is 11.4. The quantitative estimate of drug-likeness (QED) is 0.355. The lowest BCUT2D eigenvalue weighted by Crippen LogP contribution is -2.21. The molecule has 15 heavy (non-hydrogen) atoms. The van der Waals surface area contributed by atoms with E-state index in [0.29, 0.717) is 0 Å². The van der Waals surface area contributed by atoms with E-state index in [0.717, 1.165) is 11.8 Å². The molecule has 0 aromatic rings. The third-order valence-corrected chi connectivity index (χ3v) is 6.60. The molecular formula is C13H24ClSi. The normalized spacial score (nSPS) is 20.1. The first-order valence-electron chi connectivity index (χ1n) is 6.41. The van der Waals surface area contributed by atoms with Gasteiger partial charge >= 0.3 is 0 Å². The summed E-state index contributed by atoms with van der Waals surface area (Å²) >= 11 is 5.79. The fourth-order valence-corrected chi connectivity index (χ4v) is 5.62. The summed E-state index contributed by atoms with van der Waals surface area (Å²) in [4.78, 5) is 0. The Kier molecular flexibility index (Phi) is 7.46. The number of hydrogen-bond acceptors (Lipinski definition) is 0. The second-order valence-corrected chi connectivity index (χ2v) is 7.97. The summed E-state index contributed by atoms with van der Waals surface area (Å²) < 4.78 is 0. The van der Waals surface area contributed by atoms with Crippen LogP contribution in [0.4, 0.5) is 0 Å². The van der Waals surface area contributed by atoms with Gasteiger partial charge in [0.25, 0.3) is 0 Å². The van der Waals surface area contributed by atoms with Crippen LogP contribution in [0.2, 0.25) is 18.1 Å². The van der Waals surface area contributed by atoms with Crippen LogP contribution in [0, 0.1) is 5.92 Å². The molecule has 1 fully saturated rings. The van der Waals surface area contributed by atoms with Crippen molar-refractivity contribution in [2.45, 2.75) is 57.2 Å². The lowest BCUT2D eigenvalue weighted by Gasteiger charge is -2.26. The Labute approximate surface area is 102 Å². The molecule has 0 spiro atoms. The average Bonchev–Trinajstić information content (AvgIpc) is 2.27. The fraction of sp³-hybridized carbons (Fsp3) is 0.846. The highest BCUT2D eigenvalue weighted by Gasteiger charge is 2.21. The second kappa shape index (κ2) is 8.40. The molecule has 0 aromatic carbocycles. The summed E-state index contributed by atoms with van der Waals surface area (Å²) in [5.74, 6) is 1.83. The van der Waals surface area contributed by atoms with Crippen molar-refractivity contribution in [2.75, 3.05) is 5.88 Å². The van der Waals surface area contributed by atoms with Gasteiger partial charge in [-0.05, 0) is 25.2 Å². The number of alkyl halides is 1. The van der Waals surface area contributed by atoms with Gasteiger partial charge in [0, 0.05) is 14.7 Å². The van der Waals surface area contributed by atoms with Crippen LogP contribution in [0.25, 0.3) is 0 Å². The minimum atomic E-state index is 0.0267. The Bertz CT molecular complexity index is 171. The molecule has 1 heterocycles. The lowest BCUT2D eigenvalue weighted by molar-refractivity contribution is 0.458. The predicted octanol–water partition coefficient (Wildman–Crippen LogP) is 4.88. The molecule has 1 aliphatic heterocycles. The molecule has 1 rings (SSSR count). The maximum Gasteiger partial charge on any atom is 0.0482 e. The molecule has 0 aromatic heterocycles. The Morgan fingerprint density at radius 2 is 2.00 bits per heavy atom. The van der Waals surface area contributed by atoms with Crippen LogP contribution in [0.3, 0.4) is 0 Å². The van der Waals surface area contributed by atoms with Gasteiger partial charge in [-0.1, -0.05) is 50.0 Å². The van der Waals surface area contributed by atoms with E-state index >= 15 is 0 Å². The van der Waals surface area contributed by atoms with Crippen molar-refractivity contribution >= 4 is 20.4 Å². The Balaban J connectivity index is 2.06. The maximum absolute atomic E-state index is 5.79. The molecule has 0 aliphatic carbocycles. The van der Waals surface area contributed by atoms with E-state index in [1.807, 2.05) is 0 Å². The smallest absolute Gasteiger partial charge is 0.0482 e. The fourth-order valence-electron chi connectivity index (χ4n) is 2.35. The van der Waals surface area contributed by atoms with E-state index in [9.17, 15) is 0 Å². The number of halogens is 1. The standard InChI is InChI=1S/C13H24ClSi/c1-2-3-4-5-10-15-11-7-13(6-9-14)8-12-15/h3-4,13H,2,5-12H2,1H3/b4-3+. The minimum absolute atomic E-state index is 0.0267. The van der Waals surface area contributed by atoms with Crippen LogP contribution >= 0.6 is 11.6 Å². The summed E-state index contributed by atoms with van der Waals surface area (Å²) in [6, 6.07) is 4.60. The van der Waals surface area contributed by atoms with Crippen molar-refractivity contribution in [3.8, 4) is 0 Å². The molecule has 0 atom stereocenters. The highest BCUT2D eigenvalue weighted by Crippen LogP contribution is 2.30. The highest BCUT2D eigenvalue weighted by molar-refractivity contribution is 6.59. The molecule has 87 valence electrons. The van der Waals surface area contributed by atoms with E-state index in [1.54, 1.807) is 12.1 Å². The van der Waals surface area contributed by atoms with Crippen molar-refractivity contribution < 1.29 is 0 Å². The van der Waals surface area contributed by atoms with Gasteiger partial charge in [0.05, 0.1) is 0 Å². The average molecular weight is 244 g/mol. The molecule has 0 amide bonds. The van der Waals surface area contributed by atoms with Gasteiger partial charge in [-0.15, -0.1) is 11.6 Å². The predicted molar refractivity (Wildman–Crippen MR) is 72.3 cm³/mol. The molecule has 1 aliphatic rings. The van der Waals surface area contributed by atoms with Crippen LogP contribution in [0.1, 0.15) is 39.0 Å². The van der Waals surface area contributed by atoms with Crippen molar-refractivity contribution in [3.05, 3.63) is 12.2 Å². The van der Waals surface area contributed by atoms with Gasteiger partial charge in [0.1, 0.15) is 0 Å². The zero-order valence-corrected chi connectivity index (χ0v) is 11.7. The van der Waals surface area contributed by atoms with Gasteiger partial charge in [0.2, 0.25) is 0 Å². The monoisotopic (exact) mass is 243 g/mol. The van der Waals surface area contributed by atoms with E-state index in [-0.39, 0.29) is 8.80 Å². The van der Waals surface area contributed by atoms with Crippen LogP contribution in [-0.4, -0.2) is 14.7 Å². The van der Waals surface area contributed by atoms with Crippen molar-refractivity contribution in [1.29, 1.82) is 0 Å². The Morgan fingerprint density at radius 1 is 1.27 bits per heavy atom. The number of allylic oxidation sites excluding steroid dienone is 2. The molecule has 0 bridgehead atoms. The summed E-state index contributed by atoms with van der Waals surface area (Å²) in [6.45, 7) is 2.21. The number of hydrogen-bond donors (Lipinski definition) is 0. The van der Waals surface area contributed by atoms with Crippen molar-refractivity contribution in [3.63, 3.8) is 0 Å². The van der Waals surface area contributed by atoms with Crippen LogP contribution in [0.15, 0.2) is 12.2 Å². The first-order chi connectivity index (χ1) is 7.36. The zero-order valence-electron chi connectivity index (χ0n) is 9.97. The second-order valence-electron chi connectivity index (χ2n) is 4.59. The van der Waals surface area contributed by atoms with Gasteiger partial charge in [-0.3, -0.25) is 0 Å². The van der Waals surface area contributed by atoms with Crippen LogP contribution < -0.4 is 0 Å². The molecule has 0 saturated carbocycles. The minimum Gasteiger partial charge on any atom is -0.127 e. The first kappa shape index (κ1) is 13.3. The van der Waals surface area contributed by atoms with Crippen molar-refractivity contribution in [2.24, 2.45) is 5.92 Å². The molecular weight excluding hydrogens is 220 g/mol. The lowest BCUT2D eigenvalue weighted by atomic mass is 10.0. The third kappa shape index (κ3) is 5.77. The Hall–Kier alpha value is 0.247. The molecule has 0 nitrogen and oxygen atoms in total. The zero-order chi connectivity index (χ0) is 10.9. The summed E-state index contributed by atoms with van der Waals surface area (Å²) in [5, 5.41) is 0. The molecule has 1 radical (unpaired) electrons. The maximum atomic E-state index is 5.79. The van der Waals surface area contributed by atoms with E-state index in [2.05, 4.69) is 19.1 Å². The number of rotatable bonds is 6. The first-order valence-corrected chi connectivity index (χ1v) is 9.07. The molecule has 0 unspecified atom stereocenters.